The number of hydrogen-bond acceptors (Lipinski definition) is 1. The maximum Gasteiger partial charge on any atom is 0.0627 e. The Morgan fingerprint density at radius 1 is 1.36 bits per heavy atom. The number of aliphatic hydroxyl groups is 1. The molecule has 2 rings (SSSR count). The van der Waals surface area contributed by atoms with Gasteiger partial charge < -0.3 is 5.11 Å². The first-order chi connectivity index (χ1) is 6.56. The van der Waals surface area contributed by atoms with E-state index in [9.17, 15) is 5.11 Å². The fourth-order valence-corrected chi connectivity index (χ4v) is 3.47. The number of hydrogen-bond donors (Lipinski definition) is 1. The van der Waals surface area contributed by atoms with E-state index < -0.39 is 0 Å². The molecule has 1 spiro atoms. The number of aliphatic hydroxyl groups excluding tert-OH is 1. The second-order valence-electron chi connectivity index (χ2n) is 5.50. The molecule has 0 bridgehead atoms. The van der Waals surface area contributed by atoms with E-state index in [4.69, 9.17) is 0 Å². The van der Waals surface area contributed by atoms with E-state index >= 15 is 0 Å². The first kappa shape index (κ1) is 10.2. The smallest absolute Gasteiger partial charge is 0.0627 e. The minimum atomic E-state index is -0.0677. The van der Waals surface area contributed by atoms with Crippen LogP contribution in [0.5, 0.6) is 0 Å². The van der Waals surface area contributed by atoms with Crippen LogP contribution >= 0.6 is 0 Å². The fourth-order valence-electron chi connectivity index (χ4n) is 3.47. The summed E-state index contributed by atoms with van der Waals surface area (Å²) in [5.74, 6) is 1.07. The fraction of sp³-hybridized carbons (Fsp3) is 0.846. The van der Waals surface area contributed by atoms with Crippen molar-refractivity contribution in [1.82, 2.24) is 0 Å². The van der Waals surface area contributed by atoms with E-state index in [0.717, 1.165) is 0 Å². The molecular formula is C13H22O. The van der Waals surface area contributed by atoms with Crippen LogP contribution in [0.25, 0.3) is 0 Å². The van der Waals surface area contributed by atoms with Crippen molar-refractivity contribution in [2.75, 3.05) is 0 Å². The van der Waals surface area contributed by atoms with Gasteiger partial charge in [0.05, 0.1) is 6.10 Å². The minimum Gasteiger partial charge on any atom is -0.392 e. The van der Waals surface area contributed by atoms with Crippen LogP contribution in [0, 0.1) is 17.3 Å². The Bertz CT molecular complexity index is 256. The highest BCUT2D eigenvalue weighted by molar-refractivity contribution is 5.14. The molecule has 1 nitrogen and oxygen atoms in total. The summed E-state index contributed by atoms with van der Waals surface area (Å²) in [5.41, 5.74) is 1.73. The molecule has 1 saturated carbocycles. The topological polar surface area (TPSA) is 20.2 Å². The lowest BCUT2D eigenvalue weighted by Gasteiger charge is -2.41. The van der Waals surface area contributed by atoms with Gasteiger partial charge in [-0.25, -0.2) is 0 Å². The zero-order chi connectivity index (χ0) is 10.3. The molecule has 1 fully saturated rings. The minimum absolute atomic E-state index is 0.0677. The SMILES string of the molecule is CC1=CC(C)C2(CC1)CCC(C)C2O. The highest BCUT2D eigenvalue weighted by Gasteiger charge is 2.49. The molecule has 0 saturated heterocycles. The molecule has 1 N–H and O–H groups in total. The molecule has 0 aliphatic heterocycles. The van der Waals surface area contributed by atoms with Crippen molar-refractivity contribution in [3.63, 3.8) is 0 Å². The highest BCUT2D eigenvalue weighted by atomic mass is 16.3. The summed E-state index contributed by atoms with van der Waals surface area (Å²) in [6.45, 7) is 6.69. The van der Waals surface area contributed by atoms with Gasteiger partial charge in [0.1, 0.15) is 0 Å². The molecule has 4 unspecified atom stereocenters. The van der Waals surface area contributed by atoms with E-state index in [2.05, 4.69) is 26.8 Å². The van der Waals surface area contributed by atoms with Crippen LogP contribution in [0.3, 0.4) is 0 Å². The third-order valence-electron chi connectivity index (χ3n) is 4.62. The van der Waals surface area contributed by atoms with Gasteiger partial charge in [0, 0.05) is 5.41 Å². The van der Waals surface area contributed by atoms with Crippen LogP contribution in [-0.4, -0.2) is 11.2 Å². The van der Waals surface area contributed by atoms with Gasteiger partial charge in [-0.3, -0.25) is 0 Å². The summed E-state index contributed by atoms with van der Waals surface area (Å²) >= 11 is 0. The average molecular weight is 194 g/mol. The Hall–Kier alpha value is -0.300. The summed E-state index contributed by atoms with van der Waals surface area (Å²) in [6.07, 6.45) is 7.13. The molecule has 2 aliphatic rings. The molecule has 0 aromatic carbocycles. The van der Waals surface area contributed by atoms with Gasteiger partial charge in [-0.2, -0.15) is 0 Å². The molecule has 14 heavy (non-hydrogen) atoms. The lowest BCUT2D eigenvalue weighted by molar-refractivity contribution is -0.00565. The molecule has 4 atom stereocenters. The van der Waals surface area contributed by atoms with Crippen molar-refractivity contribution in [2.24, 2.45) is 17.3 Å². The van der Waals surface area contributed by atoms with Gasteiger partial charge >= 0.3 is 0 Å². The maximum absolute atomic E-state index is 10.3. The summed E-state index contributed by atoms with van der Waals surface area (Å²) in [4.78, 5) is 0. The van der Waals surface area contributed by atoms with Gasteiger partial charge in [-0.15, -0.1) is 0 Å². The number of allylic oxidation sites excluding steroid dienone is 2. The summed E-state index contributed by atoms with van der Waals surface area (Å²) in [7, 11) is 0. The number of rotatable bonds is 0. The molecule has 80 valence electrons. The quantitative estimate of drug-likeness (QED) is 0.587. The second-order valence-corrected chi connectivity index (χ2v) is 5.50. The first-order valence-electron chi connectivity index (χ1n) is 5.91. The molecule has 0 amide bonds. The van der Waals surface area contributed by atoms with Crippen LogP contribution < -0.4 is 0 Å². The van der Waals surface area contributed by atoms with Gasteiger partial charge in [0.25, 0.3) is 0 Å². The van der Waals surface area contributed by atoms with Crippen molar-refractivity contribution >= 4 is 0 Å². The van der Waals surface area contributed by atoms with Crippen LogP contribution in [0.1, 0.15) is 46.5 Å². The van der Waals surface area contributed by atoms with E-state index in [1.54, 1.807) is 0 Å². The molecule has 1 heteroatoms. The van der Waals surface area contributed by atoms with Crippen molar-refractivity contribution in [2.45, 2.75) is 52.6 Å². The van der Waals surface area contributed by atoms with Gasteiger partial charge in [-0.1, -0.05) is 25.5 Å². The highest BCUT2D eigenvalue weighted by Crippen LogP contribution is 2.53. The summed E-state index contributed by atoms with van der Waals surface area (Å²) < 4.78 is 0. The van der Waals surface area contributed by atoms with E-state index in [-0.39, 0.29) is 11.5 Å². The average Bonchev–Trinajstić information content (AvgIpc) is 2.42. The zero-order valence-corrected chi connectivity index (χ0v) is 9.59. The lowest BCUT2D eigenvalue weighted by Crippen LogP contribution is -2.39. The van der Waals surface area contributed by atoms with Crippen molar-refractivity contribution in [3.05, 3.63) is 11.6 Å². The molecule has 0 aromatic rings. The predicted molar refractivity (Wildman–Crippen MR) is 59.0 cm³/mol. The molecule has 2 aliphatic carbocycles. The van der Waals surface area contributed by atoms with E-state index in [0.29, 0.717) is 11.8 Å². The van der Waals surface area contributed by atoms with Crippen molar-refractivity contribution in [3.8, 4) is 0 Å². The lowest BCUT2D eigenvalue weighted by atomic mass is 9.65. The Kier molecular flexibility index (Phi) is 2.46. The largest absolute Gasteiger partial charge is 0.392 e. The molecule has 0 heterocycles. The van der Waals surface area contributed by atoms with Crippen LogP contribution in [-0.2, 0) is 0 Å². The van der Waals surface area contributed by atoms with E-state index in [1.165, 1.54) is 31.3 Å². The standard InChI is InChI=1S/C13H22O/c1-9-4-6-13(11(3)8-9)7-5-10(2)12(13)14/h8,10-12,14H,4-7H2,1-3H3. The molecule has 0 aromatic heterocycles. The Labute approximate surface area is 87.2 Å². The maximum atomic E-state index is 10.3. The van der Waals surface area contributed by atoms with Crippen LogP contribution in [0.4, 0.5) is 0 Å². The van der Waals surface area contributed by atoms with Crippen molar-refractivity contribution < 1.29 is 5.11 Å². The Morgan fingerprint density at radius 2 is 2.07 bits per heavy atom. The van der Waals surface area contributed by atoms with E-state index in [1.807, 2.05) is 0 Å². The third-order valence-corrected chi connectivity index (χ3v) is 4.62. The van der Waals surface area contributed by atoms with Gasteiger partial charge in [0.15, 0.2) is 0 Å². The third kappa shape index (κ3) is 1.33. The second kappa shape index (κ2) is 3.37. The monoisotopic (exact) mass is 194 g/mol. The van der Waals surface area contributed by atoms with Crippen molar-refractivity contribution in [1.29, 1.82) is 0 Å². The first-order valence-corrected chi connectivity index (χ1v) is 5.91. The molecular weight excluding hydrogens is 172 g/mol. The Morgan fingerprint density at radius 3 is 2.57 bits per heavy atom. The molecule has 0 radical (unpaired) electrons. The summed E-state index contributed by atoms with van der Waals surface area (Å²) in [5, 5.41) is 10.3. The van der Waals surface area contributed by atoms with Gasteiger partial charge in [-0.05, 0) is 44.4 Å². The Balaban J connectivity index is 2.25. The van der Waals surface area contributed by atoms with Crippen LogP contribution in [0.2, 0.25) is 0 Å². The normalized spacial score (nSPS) is 48.3. The van der Waals surface area contributed by atoms with Crippen LogP contribution in [0.15, 0.2) is 11.6 Å². The predicted octanol–water partition coefficient (Wildman–Crippen LogP) is 3.14. The van der Waals surface area contributed by atoms with Gasteiger partial charge in [0.2, 0.25) is 0 Å². The zero-order valence-electron chi connectivity index (χ0n) is 9.59. The summed E-state index contributed by atoms with van der Waals surface area (Å²) in [6, 6.07) is 0.